The van der Waals surface area contributed by atoms with Crippen LogP contribution in [0.1, 0.15) is 25.8 Å². The third-order valence-corrected chi connectivity index (χ3v) is 3.00. The van der Waals surface area contributed by atoms with E-state index in [1.807, 2.05) is 19.1 Å². The van der Waals surface area contributed by atoms with Crippen LogP contribution >= 0.6 is 0 Å². The van der Waals surface area contributed by atoms with Crippen LogP contribution < -0.4 is 19.5 Å². The van der Waals surface area contributed by atoms with Gasteiger partial charge in [0.25, 0.3) is 5.91 Å². The van der Waals surface area contributed by atoms with Gasteiger partial charge in [-0.3, -0.25) is 4.79 Å². The van der Waals surface area contributed by atoms with Crippen LogP contribution in [0.25, 0.3) is 0 Å². The van der Waals surface area contributed by atoms with Crippen LogP contribution in [0.4, 0.5) is 0 Å². The quantitative estimate of drug-likeness (QED) is 0.801. The molecule has 0 spiro atoms. The summed E-state index contributed by atoms with van der Waals surface area (Å²) in [6, 6.07) is 3.68. The van der Waals surface area contributed by atoms with E-state index in [4.69, 9.17) is 14.2 Å². The Bertz CT molecular complexity index is 446. The average molecular weight is 295 g/mol. The Morgan fingerprint density at radius 2 is 1.76 bits per heavy atom. The molecule has 0 atom stereocenters. The molecule has 1 aromatic rings. The zero-order chi connectivity index (χ0) is 15.8. The zero-order valence-electron chi connectivity index (χ0n) is 13.5. The topological polar surface area (TPSA) is 56.8 Å². The Morgan fingerprint density at radius 1 is 1.19 bits per heavy atom. The molecule has 21 heavy (non-hydrogen) atoms. The van der Waals surface area contributed by atoms with Crippen LogP contribution in [0.5, 0.6) is 17.2 Å². The minimum atomic E-state index is -0.152. The number of benzene rings is 1. The molecular weight excluding hydrogens is 270 g/mol. The molecule has 5 nitrogen and oxygen atoms in total. The van der Waals surface area contributed by atoms with Crippen LogP contribution in [0, 0.1) is 12.8 Å². The van der Waals surface area contributed by atoms with Crippen LogP contribution in [-0.4, -0.2) is 33.3 Å². The van der Waals surface area contributed by atoms with Gasteiger partial charge in [0.15, 0.2) is 18.1 Å². The van der Waals surface area contributed by atoms with Crippen LogP contribution in [0.15, 0.2) is 12.1 Å². The largest absolute Gasteiger partial charge is 0.493 e. The Morgan fingerprint density at radius 3 is 2.24 bits per heavy atom. The van der Waals surface area contributed by atoms with Gasteiger partial charge in [-0.05, 0) is 37.0 Å². The molecule has 1 rings (SSSR count). The molecule has 0 saturated heterocycles. The van der Waals surface area contributed by atoms with E-state index >= 15 is 0 Å². The Balaban J connectivity index is 2.64. The fourth-order valence-corrected chi connectivity index (χ4v) is 1.84. The number of rotatable bonds is 8. The predicted molar refractivity (Wildman–Crippen MR) is 82.2 cm³/mol. The number of carbonyl (C=O) groups excluding carboxylic acids is 1. The van der Waals surface area contributed by atoms with Gasteiger partial charge in [0, 0.05) is 6.54 Å². The molecule has 0 fully saturated rings. The van der Waals surface area contributed by atoms with Gasteiger partial charge in [0.1, 0.15) is 0 Å². The Labute approximate surface area is 126 Å². The number of hydrogen-bond acceptors (Lipinski definition) is 4. The number of ether oxygens (including phenoxy) is 3. The first-order valence-electron chi connectivity index (χ1n) is 7.10. The third kappa shape index (κ3) is 5.53. The fourth-order valence-electron chi connectivity index (χ4n) is 1.84. The summed E-state index contributed by atoms with van der Waals surface area (Å²) in [5.41, 5.74) is 0.998. The van der Waals surface area contributed by atoms with Gasteiger partial charge in [0.2, 0.25) is 5.75 Å². The summed E-state index contributed by atoms with van der Waals surface area (Å²) in [5.74, 6) is 1.97. The summed E-state index contributed by atoms with van der Waals surface area (Å²) in [4.78, 5) is 11.7. The van der Waals surface area contributed by atoms with Crippen molar-refractivity contribution in [2.75, 3.05) is 27.4 Å². The Hall–Kier alpha value is -1.91. The van der Waals surface area contributed by atoms with E-state index in [0.717, 1.165) is 12.0 Å². The number of carbonyl (C=O) groups is 1. The van der Waals surface area contributed by atoms with Gasteiger partial charge in [0.05, 0.1) is 14.2 Å². The van der Waals surface area contributed by atoms with Crippen molar-refractivity contribution in [2.45, 2.75) is 27.2 Å². The van der Waals surface area contributed by atoms with Crippen molar-refractivity contribution in [3.63, 3.8) is 0 Å². The lowest BCUT2D eigenvalue weighted by Gasteiger charge is -2.15. The molecule has 1 N–H and O–H groups in total. The van der Waals surface area contributed by atoms with Gasteiger partial charge < -0.3 is 19.5 Å². The first-order chi connectivity index (χ1) is 9.97. The zero-order valence-corrected chi connectivity index (χ0v) is 13.5. The number of amides is 1. The highest BCUT2D eigenvalue weighted by atomic mass is 16.5. The van der Waals surface area contributed by atoms with E-state index in [2.05, 4.69) is 19.2 Å². The predicted octanol–water partition coefficient (Wildman–Crippen LogP) is 2.55. The van der Waals surface area contributed by atoms with Crippen LogP contribution in [-0.2, 0) is 4.79 Å². The monoisotopic (exact) mass is 295 g/mol. The van der Waals surface area contributed by atoms with E-state index in [0.29, 0.717) is 29.7 Å². The maximum absolute atomic E-state index is 11.7. The second-order valence-corrected chi connectivity index (χ2v) is 5.32. The highest BCUT2D eigenvalue weighted by molar-refractivity contribution is 5.77. The minimum Gasteiger partial charge on any atom is -0.493 e. The summed E-state index contributed by atoms with van der Waals surface area (Å²) < 4.78 is 16.1. The van der Waals surface area contributed by atoms with Crippen molar-refractivity contribution in [3.05, 3.63) is 17.7 Å². The molecule has 5 heteroatoms. The van der Waals surface area contributed by atoms with Crippen LogP contribution in [0.3, 0.4) is 0 Å². The smallest absolute Gasteiger partial charge is 0.257 e. The summed E-state index contributed by atoms with van der Waals surface area (Å²) in [6.07, 6.45) is 0.947. The number of hydrogen-bond donors (Lipinski definition) is 1. The van der Waals surface area contributed by atoms with Crippen molar-refractivity contribution >= 4 is 5.91 Å². The molecule has 0 aliphatic heterocycles. The molecule has 0 unspecified atom stereocenters. The molecule has 118 valence electrons. The first-order valence-corrected chi connectivity index (χ1v) is 7.10. The highest BCUT2D eigenvalue weighted by Crippen LogP contribution is 2.38. The second-order valence-electron chi connectivity index (χ2n) is 5.32. The lowest BCUT2D eigenvalue weighted by atomic mass is 10.1. The molecule has 0 heterocycles. The highest BCUT2D eigenvalue weighted by Gasteiger charge is 2.14. The molecule has 0 bridgehead atoms. The lowest BCUT2D eigenvalue weighted by Crippen LogP contribution is -2.30. The van der Waals surface area contributed by atoms with Gasteiger partial charge >= 0.3 is 0 Å². The fraction of sp³-hybridized carbons (Fsp3) is 0.562. The number of aryl methyl sites for hydroxylation is 1. The van der Waals surface area contributed by atoms with Gasteiger partial charge in [-0.2, -0.15) is 0 Å². The van der Waals surface area contributed by atoms with E-state index < -0.39 is 0 Å². The number of methoxy groups -OCH3 is 2. The summed E-state index contributed by atoms with van der Waals surface area (Å²) in [7, 11) is 3.12. The standard InChI is InChI=1S/C16H25NO4/c1-11(2)6-7-17-15(18)10-21-16-13(19-4)8-12(3)9-14(16)20-5/h8-9,11H,6-7,10H2,1-5H3,(H,17,18). The third-order valence-electron chi connectivity index (χ3n) is 3.00. The van der Waals surface area contributed by atoms with Crippen molar-refractivity contribution in [2.24, 2.45) is 5.92 Å². The summed E-state index contributed by atoms with van der Waals surface area (Å²) in [5, 5.41) is 2.83. The molecule has 1 aromatic carbocycles. The molecule has 0 radical (unpaired) electrons. The summed E-state index contributed by atoms with van der Waals surface area (Å²) in [6.45, 7) is 6.76. The minimum absolute atomic E-state index is 0.0616. The van der Waals surface area contributed by atoms with Gasteiger partial charge in [-0.1, -0.05) is 13.8 Å². The lowest BCUT2D eigenvalue weighted by molar-refractivity contribution is -0.123. The molecule has 0 saturated carbocycles. The number of nitrogens with one attached hydrogen (secondary N) is 1. The second kappa shape index (κ2) is 8.39. The van der Waals surface area contributed by atoms with E-state index in [-0.39, 0.29) is 12.5 Å². The molecular formula is C16H25NO4. The van der Waals surface area contributed by atoms with Crippen molar-refractivity contribution in [1.29, 1.82) is 0 Å². The summed E-state index contributed by atoms with van der Waals surface area (Å²) >= 11 is 0. The van der Waals surface area contributed by atoms with Gasteiger partial charge in [-0.15, -0.1) is 0 Å². The average Bonchev–Trinajstić information content (AvgIpc) is 2.44. The van der Waals surface area contributed by atoms with E-state index in [1.54, 1.807) is 14.2 Å². The maximum Gasteiger partial charge on any atom is 0.257 e. The molecule has 1 amide bonds. The maximum atomic E-state index is 11.7. The molecule has 0 aliphatic rings. The normalized spacial score (nSPS) is 10.4. The SMILES string of the molecule is COc1cc(C)cc(OC)c1OCC(=O)NCCC(C)C. The Kier molecular flexibility index (Phi) is 6.85. The molecule has 0 aliphatic carbocycles. The van der Waals surface area contributed by atoms with Crippen molar-refractivity contribution in [3.8, 4) is 17.2 Å². The van der Waals surface area contributed by atoms with Gasteiger partial charge in [-0.25, -0.2) is 0 Å². The molecule has 0 aromatic heterocycles. The van der Waals surface area contributed by atoms with E-state index in [9.17, 15) is 4.79 Å². The van der Waals surface area contributed by atoms with Crippen molar-refractivity contribution < 1.29 is 19.0 Å². The van der Waals surface area contributed by atoms with E-state index in [1.165, 1.54) is 0 Å². The van der Waals surface area contributed by atoms with Crippen molar-refractivity contribution in [1.82, 2.24) is 5.32 Å². The first kappa shape index (κ1) is 17.1. The van der Waals surface area contributed by atoms with Crippen LogP contribution in [0.2, 0.25) is 0 Å².